The number of aryl methyl sites for hydroxylation is 1. The molecule has 0 radical (unpaired) electrons. The number of fused-ring (bicyclic) bond motifs is 5. The topological polar surface area (TPSA) is 116 Å². The molecule has 0 spiro atoms. The van der Waals surface area contributed by atoms with Crippen molar-refractivity contribution >= 4 is 22.8 Å². The number of carbonyl (C=O) groups excluding carboxylic acids is 2. The van der Waals surface area contributed by atoms with Gasteiger partial charge in [0.05, 0.1) is 41.5 Å². The van der Waals surface area contributed by atoms with Gasteiger partial charge in [-0.05, 0) is 61.1 Å². The standard InChI is InChI=1S/C26H25FN4O4/c1-12-14-4-5-18(29-21(32)3-2-6-28)24-15-10-31-20(25(15)30-19(23(14)24)9-17(12)27)7-13-8-22(33)35-11-16(13)26(31)34/h7,9,18H,2-6,8,10-11,28H2,1H3,(H,29,32)/t18-/m0/s1. The third-order valence-corrected chi connectivity index (χ3v) is 7.48. The molecule has 1 amide bonds. The highest BCUT2D eigenvalue weighted by molar-refractivity contribution is 5.93. The molecule has 2 aromatic heterocycles. The van der Waals surface area contributed by atoms with Crippen molar-refractivity contribution in [2.45, 2.75) is 58.2 Å². The third kappa shape index (κ3) is 3.29. The van der Waals surface area contributed by atoms with Crippen molar-refractivity contribution in [3.8, 4) is 11.4 Å². The van der Waals surface area contributed by atoms with E-state index in [-0.39, 0.29) is 42.3 Å². The fourth-order valence-corrected chi connectivity index (χ4v) is 5.74. The lowest BCUT2D eigenvalue weighted by atomic mass is 9.81. The number of cyclic esters (lactones) is 1. The number of nitrogens with one attached hydrogen (secondary N) is 1. The molecule has 0 saturated carbocycles. The summed E-state index contributed by atoms with van der Waals surface area (Å²) in [6.07, 6.45) is 2.21. The molecule has 0 fully saturated rings. The molecule has 6 rings (SSSR count). The summed E-state index contributed by atoms with van der Waals surface area (Å²) < 4.78 is 21.6. The van der Waals surface area contributed by atoms with Gasteiger partial charge < -0.3 is 20.4 Å². The van der Waals surface area contributed by atoms with E-state index in [0.717, 1.165) is 22.1 Å². The fourth-order valence-electron chi connectivity index (χ4n) is 5.74. The minimum atomic E-state index is -0.371. The van der Waals surface area contributed by atoms with Crippen molar-refractivity contribution in [3.05, 3.63) is 61.7 Å². The van der Waals surface area contributed by atoms with Gasteiger partial charge >= 0.3 is 5.97 Å². The second-order valence-electron chi connectivity index (χ2n) is 9.52. The van der Waals surface area contributed by atoms with Gasteiger partial charge in [0.2, 0.25) is 5.91 Å². The van der Waals surface area contributed by atoms with Crippen LogP contribution in [0.2, 0.25) is 0 Å². The predicted octanol–water partition coefficient (Wildman–Crippen LogP) is 2.31. The molecule has 3 N–H and O–H groups in total. The summed E-state index contributed by atoms with van der Waals surface area (Å²) in [5.74, 6) is -0.774. The summed E-state index contributed by atoms with van der Waals surface area (Å²) in [6.45, 7) is 2.46. The van der Waals surface area contributed by atoms with Gasteiger partial charge in [-0.15, -0.1) is 0 Å². The molecule has 8 nitrogen and oxygen atoms in total. The molecule has 1 aliphatic carbocycles. The van der Waals surface area contributed by atoms with Crippen LogP contribution < -0.4 is 16.6 Å². The molecule has 0 bridgehead atoms. The number of halogens is 1. The minimum absolute atomic E-state index is 0.0337. The van der Waals surface area contributed by atoms with Crippen molar-refractivity contribution in [1.29, 1.82) is 0 Å². The van der Waals surface area contributed by atoms with E-state index in [1.165, 1.54) is 6.07 Å². The zero-order chi connectivity index (χ0) is 24.4. The minimum Gasteiger partial charge on any atom is -0.460 e. The molecule has 2 aliphatic heterocycles. The number of hydrogen-bond donors (Lipinski definition) is 2. The highest BCUT2D eigenvalue weighted by atomic mass is 19.1. The van der Waals surface area contributed by atoms with Gasteiger partial charge in [0.15, 0.2) is 0 Å². The van der Waals surface area contributed by atoms with E-state index >= 15 is 0 Å². The van der Waals surface area contributed by atoms with Crippen LogP contribution in [0.3, 0.4) is 0 Å². The average Bonchev–Trinajstić information content (AvgIpc) is 3.20. The van der Waals surface area contributed by atoms with Crippen LogP contribution in [-0.2, 0) is 40.3 Å². The molecular formula is C26H25FN4O4. The van der Waals surface area contributed by atoms with Gasteiger partial charge in [0.1, 0.15) is 12.4 Å². The molecule has 0 saturated heterocycles. The van der Waals surface area contributed by atoms with Crippen molar-refractivity contribution in [2.24, 2.45) is 5.73 Å². The zero-order valence-electron chi connectivity index (χ0n) is 19.4. The summed E-state index contributed by atoms with van der Waals surface area (Å²) in [5, 5.41) is 4.02. The van der Waals surface area contributed by atoms with Crippen LogP contribution >= 0.6 is 0 Å². The van der Waals surface area contributed by atoms with Gasteiger partial charge in [0, 0.05) is 23.4 Å². The van der Waals surface area contributed by atoms with E-state index in [4.69, 9.17) is 15.5 Å². The van der Waals surface area contributed by atoms with Gasteiger partial charge in [-0.1, -0.05) is 0 Å². The first-order valence-corrected chi connectivity index (χ1v) is 11.9. The molecule has 9 heteroatoms. The van der Waals surface area contributed by atoms with Gasteiger partial charge in [-0.2, -0.15) is 0 Å². The number of rotatable bonds is 4. The Kier molecular flexibility index (Phi) is 5.00. The number of nitrogens with zero attached hydrogens (tertiary/aromatic N) is 2. The molecule has 1 atom stereocenters. The van der Waals surface area contributed by atoms with Crippen LogP contribution in [0.1, 0.15) is 58.7 Å². The summed E-state index contributed by atoms with van der Waals surface area (Å²) >= 11 is 0. The number of hydrogen-bond acceptors (Lipinski definition) is 6. The first-order chi connectivity index (χ1) is 16.9. The van der Waals surface area contributed by atoms with E-state index in [2.05, 4.69) is 5.32 Å². The fraction of sp³-hybridized carbons (Fsp3) is 0.385. The number of carbonyl (C=O) groups is 2. The summed E-state index contributed by atoms with van der Waals surface area (Å²) in [6, 6.07) is 2.99. The molecular weight excluding hydrogens is 451 g/mol. The maximum Gasteiger partial charge on any atom is 0.310 e. The number of nitrogens with two attached hydrogens (primary N) is 1. The first kappa shape index (κ1) is 21.9. The van der Waals surface area contributed by atoms with Gasteiger partial charge in [-0.25, -0.2) is 9.37 Å². The summed E-state index contributed by atoms with van der Waals surface area (Å²) in [4.78, 5) is 42.7. The first-order valence-electron chi connectivity index (χ1n) is 11.9. The van der Waals surface area contributed by atoms with Crippen molar-refractivity contribution in [3.63, 3.8) is 0 Å². The van der Waals surface area contributed by atoms with E-state index in [1.807, 2.05) is 6.07 Å². The Bertz CT molecular complexity index is 1510. The Balaban J connectivity index is 1.58. The summed E-state index contributed by atoms with van der Waals surface area (Å²) in [7, 11) is 0. The zero-order valence-corrected chi connectivity index (χ0v) is 19.4. The highest BCUT2D eigenvalue weighted by Crippen LogP contribution is 2.44. The smallest absolute Gasteiger partial charge is 0.310 e. The van der Waals surface area contributed by atoms with Crippen LogP contribution in [0, 0.1) is 12.7 Å². The third-order valence-electron chi connectivity index (χ3n) is 7.48. The maximum atomic E-state index is 14.9. The Morgan fingerprint density at radius 2 is 2.11 bits per heavy atom. The van der Waals surface area contributed by atoms with Crippen LogP contribution in [0.25, 0.3) is 22.3 Å². The van der Waals surface area contributed by atoms with Crippen LogP contribution in [0.15, 0.2) is 16.9 Å². The Hall–Kier alpha value is -3.59. The van der Waals surface area contributed by atoms with E-state index in [0.29, 0.717) is 72.4 Å². The van der Waals surface area contributed by atoms with Crippen molar-refractivity contribution in [2.75, 3.05) is 6.54 Å². The highest BCUT2D eigenvalue weighted by Gasteiger charge is 2.35. The molecule has 3 aromatic rings. The summed E-state index contributed by atoms with van der Waals surface area (Å²) in [5.41, 5.74) is 11.5. The molecule has 180 valence electrons. The number of benzene rings is 1. The predicted molar refractivity (Wildman–Crippen MR) is 126 cm³/mol. The quantitative estimate of drug-likeness (QED) is 0.437. The largest absolute Gasteiger partial charge is 0.460 e. The molecule has 35 heavy (non-hydrogen) atoms. The van der Waals surface area contributed by atoms with Gasteiger partial charge in [-0.3, -0.25) is 14.4 Å². The SMILES string of the molecule is Cc1c(F)cc2nc3c(c4c2c1CC[C@@H]4NC(=O)CCCN)Cn1c-3cc2c(c1=O)COC(=O)C2. The number of pyridine rings is 2. The average molecular weight is 477 g/mol. The van der Waals surface area contributed by atoms with E-state index < -0.39 is 0 Å². The Morgan fingerprint density at radius 1 is 1.29 bits per heavy atom. The van der Waals surface area contributed by atoms with Crippen LogP contribution in [0.4, 0.5) is 4.39 Å². The number of esters is 1. The normalized spacial score (nSPS) is 17.6. The molecule has 3 aliphatic rings. The van der Waals surface area contributed by atoms with Crippen molar-refractivity contribution in [1.82, 2.24) is 14.9 Å². The lowest BCUT2D eigenvalue weighted by molar-refractivity contribution is -0.145. The van der Waals surface area contributed by atoms with Crippen LogP contribution in [0.5, 0.6) is 0 Å². The number of amides is 1. The molecule has 0 unspecified atom stereocenters. The number of ether oxygens (including phenoxy) is 1. The van der Waals surface area contributed by atoms with Crippen molar-refractivity contribution < 1.29 is 18.7 Å². The molecule has 1 aromatic carbocycles. The van der Waals surface area contributed by atoms with Gasteiger partial charge in [0.25, 0.3) is 5.56 Å². The van der Waals surface area contributed by atoms with E-state index in [9.17, 15) is 18.8 Å². The second-order valence-corrected chi connectivity index (χ2v) is 9.52. The van der Waals surface area contributed by atoms with Crippen LogP contribution in [-0.4, -0.2) is 28.0 Å². The number of aromatic nitrogens is 2. The molecule has 4 heterocycles. The monoisotopic (exact) mass is 476 g/mol. The lowest BCUT2D eigenvalue weighted by Gasteiger charge is -2.29. The van der Waals surface area contributed by atoms with E-state index in [1.54, 1.807) is 11.5 Å². The second kappa shape index (κ2) is 7.98. The lowest BCUT2D eigenvalue weighted by Crippen LogP contribution is -2.32. The maximum absolute atomic E-state index is 14.9. The Labute approximate surface area is 200 Å². The Morgan fingerprint density at radius 3 is 2.91 bits per heavy atom.